The predicted octanol–water partition coefficient (Wildman–Crippen LogP) is 4.00. The number of hydrogen-bond acceptors (Lipinski definition) is 5. The number of aryl methyl sites for hydroxylation is 2. The van der Waals surface area contributed by atoms with E-state index in [0.29, 0.717) is 38.0 Å². The minimum atomic E-state index is 0.0733. The van der Waals surface area contributed by atoms with E-state index in [0.717, 1.165) is 27.8 Å². The van der Waals surface area contributed by atoms with Gasteiger partial charge in [0.25, 0.3) is 0 Å². The van der Waals surface area contributed by atoms with Gasteiger partial charge in [0.05, 0.1) is 22.8 Å². The van der Waals surface area contributed by atoms with Gasteiger partial charge in [0.2, 0.25) is 5.91 Å². The Kier molecular flexibility index (Phi) is 6.28. The summed E-state index contributed by atoms with van der Waals surface area (Å²) in [7, 11) is 0. The molecule has 0 fully saturated rings. The first-order valence-corrected chi connectivity index (χ1v) is 11.1. The van der Waals surface area contributed by atoms with Gasteiger partial charge in [-0.05, 0) is 44.0 Å². The minimum absolute atomic E-state index is 0.0733. The van der Waals surface area contributed by atoms with Crippen molar-refractivity contribution in [2.24, 2.45) is 0 Å². The molecule has 0 saturated heterocycles. The number of anilines is 1. The SMILES string of the molecule is Cc1nn(-c2ccccc2)c2c1N(CCCC(=O)CCc1ccccn1)C(=O)CS2. The number of carbonyl (C=O) groups excluding carboxylic acids is 2. The highest BCUT2D eigenvalue weighted by Gasteiger charge is 2.31. The normalized spacial score (nSPS) is 13.4. The molecule has 1 amide bonds. The van der Waals surface area contributed by atoms with Crippen LogP contribution >= 0.6 is 11.8 Å². The van der Waals surface area contributed by atoms with Crippen LogP contribution in [0.3, 0.4) is 0 Å². The number of Topliss-reactive ketones (excluding diaryl/α,β-unsaturated/α-hetero) is 1. The third kappa shape index (κ3) is 4.46. The highest BCUT2D eigenvalue weighted by atomic mass is 32.2. The van der Waals surface area contributed by atoms with E-state index in [1.807, 2.05) is 60.1 Å². The Balaban J connectivity index is 1.40. The van der Waals surface area contributed by atoms with E-state index in [4.69, 9.17) is 0 Å². The van der Waals surface area contributed by atoms with E-state index in [1.165, 1.54) is 11.8 Å². The van der Waals surface area contributed by atoms with Crippen molar-refractivity contribution < 1.29 is 9.59 Å². The molecule has 0 radical (unpaired) electrons. The molecule has 0 N–H and O–H groups in total. The Morgan fingerprint density at radius 3 is 2.67 bits per heavy atom. The molecule has 0 bridgehead atoms. The molecule has 3 heterocycles. The number of pyridine rings is 1. The van der Waals surface area contributed by atoms with Crippen molar-refractivity contribution in [3.05, 3.63) is 66.1 Å². The zero-order valence-electron chi connectivity index (χ0n) is 17.0. The summed E-state index contributed by atoms with van der Waals surface area (Å²) in [4.78, 5) is 31.0. The van der Waals surface area contributed by atoms with Crippen LogP contribution in [0.25, 0.3) is 5.69 Å². The zero-order valence-corrected chi connectivity index (χ0v) is 17.8. The van der Waals surface area contributed by atoms with Crippen molar-refractivity contribution in [1.82, 2.24) is 14.8 Å². The van der Waals surface area contributed by atoms with E-state index < -0.39 is 0 Å². The van der Waals surface area contributed by atoms with Gasteiger partial charge in [-0.1, -0.05) is 36.0 Å². The fourth-order valence-electron chi connectivity index (χ4n) is 3.62. The molecule has 0 saturated carbocycles. The van der Waals surface area contributed by atoms with Crippen LogP contribution in [0.4, 0.5) is 5.69 Å². The van der Waals surface area contributed by atoms with Crippen molar-refractivity contribution in [1.29, 1.82) is 0 Å². The number of ketones is 1. The number of aromatic nitrogens is 3. The van der Waals surface area contributed by atoms with Gasteiger partial charge in [0.1, 0.15) is 10.8 Å². The second-order valence-corrected chi connectivity index (χ2v) is 8.25. The molecule has 7 heteroatoms. The number of hydrogen-bond donors (Lipinski definition) is 0. The van der Waals surface area contributed by atoms with Crippen LogP contribution in [0.5, 0.6) is 0 Å². The van der Waals surface area contributed by atoms with E-state index >= 15 is 0 Å². The summed E-state index contributed by atoms with van der Waals surface area (Å²) in [5, 5.41) is 5.67. The molecular weight excluding hydrogens is 396 g/mol. The fraction of sp³-hybridized carbons (Fsp3) is 0.304. The van der Waals surface area contributed by atoms with Crippen LogP contribution in [0.15, 0.2) is 59.8 Å². The van der Waals surface area contributed by atoms with Crippen molar-refractivity contribution in [2.45, 2.75) is 37.6 Å². The molecule has 30 heavy (non-hydrogen) atoms. The first kappa shape index (κ1) is 20.3. The summed E-state index contributed by atoms with van der Waals surface area (Å²) >= 11 is 1.52. The lowest BCUT2D eigenvalue weighted by Crippen LogP contribution is -2.36. The maximum atomic E-state index is 12.6. The number of benzene rings is 1. The first-order chi connectivity index (χ1) is 14.6. The molecule has 0 aliphatic carbocycles. The third-order valence-corrected chi connectivity index (χ3v) is 6.15. The number of para-hydroxylation sites is 1. The average molecular weight is 421 g/mol. The number of amides is 1. The van der Waals surface area contributed by atoms with Gasteiger partial charge >= 0.3 is 0 Å². The van der Waals surface area contributed by atoms with E-state index in [2.05, 4.69) is 10.1 Å². The average Bonchev–Trinajstić information content (AvgIpc) is 3.12. The summed E-state index contributed by atoms with van der Waals surface area (Å²) in [5.74, 6) is 0.666. The summed E-state index contributed by atoms with van der Waals surface area (Å²) in [5.41, 5.74) is 3.62. The topological polar surface area (TPSA) is 68.1 Å². The zero-order chi connectivity index (χ0) is 20.9. The molecule has 1 aromatic carbocycles. The predicted molar refractivity (Wildman–Crippen MR) is 118 cm³/mol. The highest BCUT2D eigenvalue weighted by Crippen LogP contribution is 2.39. The number of fused-ring (bicyclic) bond motifs is 1. The molecule has 6 nitrogen and oxygen atoms in total. The lowest BCUT2D eigenvalue weighted by Gasteiger charge is -2.27. The van der Waals surface area contributed by atoms with Crippen molar-refractivity contribution in [3.63, 3.8) is 0 Å². The molecule has 0 atom stereocenters. The van der Waals surface area contributed by atoms with Crippen LogP contribution in [0.2, 0.25) is 0 Å². The summed E-state index contributed by atoms with van der Waals surface area (Å²) in [6.07, 6.45) is 4.00. The lowest BCUT2D eigenvalue weighted by atomic mass is 10.1. The maximum absolute atomic E-state index is 12.6. The monoisotopic (exact) mass is 420 g/mol. The van der Waals surface area contributed by atoms with Gasteiger partial charge in [-0.3, -0.25) is 14.6 Å². The molecular formula is C23H24N4O2S. The largest absolute Gasteiger partial charge is 0.308 e. The molecule has 2 aromatic heterocycles. The van der Waals surface area contributed by atoms with Gasteiger partial charge in [0.15, 0.2) is 0 Å². The van der Waals surface area contributed by atoms with Crippen molar-refractivity contribution in [2.75, 3.05) is 17.2 Å². The van der Waals surface area contributed by atoms with Crippen LogP contribution in [0.1, 0.15) is 30.7 Å². The van der Waals surface area contributed by atoms with E-state index in [1.54, 1.807) is 11.1 Å². The Morgan fingerprint density at radius 1 is 1.10 bits per heavy atom. The molecule has 0 unspecified atom stereocenters. The summed E-state index contributed by atoms with van der Waals surface area (Å²) in [6.45, 7) is 2.46. The van der Waals surface area contributed by atoms with Gasteiger partial charge in [-0.15, -0.1) is 0 Å². The Hall–Kier alpha value is -2.93. The van der Waals surface area contributed by atoms with Gasteiger partial charge in [0, 0.05) is 31.3 Å². The van der Waals surface area contributed by atoms with Crippen LogP contribution in [-0.4, -0.2) is 38.8 Å². The van der Waals surface area contributed by atoms with Crippen molar-refractivity contribution in [3.8, 4) is 5.69 Å². The minimum Gasteiger partial charge on any atom is -0.308 e. The number of rotatable bonds is 8. The number of nitrogens with zero attached hydrogens (tertiary/aromatic N) is 4. The first-order valence-electron chi connectivity index (χ1n) is 10.1. The Labute approximate surface area is 180 Å². The standard InChI is InChI=1S/C23H24N4O2S/c1-17-22-23(27(25-17)19-9-3-2-4-10-19)30-16-21(29)26(22)15-7-11-20(28)13-12-18-8-5-6-14-24-18/h2-6,8-10,14H,7,11-13,15-16H2,1H3. The third-order valence-electron chi connectivity index (χ3n) is 5.12. The highest BCUT2D eigenvalue weighted by molar-refractivity contribution is 8.00. The molecule has 3 aromatic rings. The molecule has 1 aliphatic heterocycles. The van der Waals surface area contributed by atoms with Gasteiger partial charge < -0.3 is 4.90 Å². The maximum Gasteiger partial charge on any atom is 0.237 e. The smallest absolute Gasteiger partial charge is 0.237 e. The fourth-order valence-corrected chi connectivity index (χ4v) is 4.70. The van der Waals surface area contributed by atoms with E-state index in [9.17, 15) is 9.59 Å². The van der Waals surface area contributed by atoms with Crippen molar-refractivity contribution >= 4 is 29.1 Å². The number of thioether (sulfide) groups is 1. The lowest BCUT2D eigenvalue weighted by molar-refractivity contribution is -0.119. The molecule has 4 rings (SSSR count). The summed E-state index contributed by atoms with van der Waals surface area (Å²) < 4.78 is 1.91. The Bertz CT molecular complexity index is 1030. The van der Waals surface area contributed by atoms with Crippen LogP contribution in [0, 0.1) is 6.92 Å². The quantitative estimate of drug-likeness (QED) is 0.551. The van der Waals surface area contributed by atoms with E-state index in [-0.39, 0.29) is 11.7 Å². The number of carbonyl (C=O) groups is 2. The van der Waals surface area contributed by atoms with Crippen LogP contribution < -0.4 is 4.90 Å². The summed E-state index contributed by atoms with van der Waals surface area (Å²) in [6, 6.07) is 15.7. The van der Waals surface area contributed by atoms with Crippen LogP contribution in [-0.2, 0) is 16.0 Å². The molecule has 0 spiro atoms. The second kappa shape index (κ2) is 9.26. The van der Waals surface area contributed by atoms with Gasteiger partial charge in [-0.2, -0.15) is 5.10 Å². The Morgan fingerprint density at radius 2 is 1.90 bits per heavy atom. The molecule has 1 aliphatic rings. The van der Waals surface area contributed by atoms with Gasteiger partial charge in [-0.25, -0.2) is 4.68 Å². The second-order valence-electron chi connectivity index (χ2n) is 7.28. The molecule has 154 valence electrons.